The van der Waals surface area contributed by atoms with Crippen molar-refractivity contribution in [2.24, 2.45) is 0 Å². The Labute approximate surface area is 172 Å². The number of hydrogen-bond donors (Lipinski definition) is 1. The van der Waals surface area contributed by atoms with Crippen molar-refractivity contribution in [1.82, 2.24) is 4.90 Å². The first-order chi connectivity index (χ1) is 13.4. The van der Waals surface area contributed by atoms with E-state index in [0.717, 1.165) is 17.0 Å². The van der Waals surface area contributed by atoms with Crippen molar-refractivity contribution >= 4 is 50.6 Å². The van der Waals surface area contributed by atoms with Gasteiger partial charge >= 0.3 is 0 Å². The van der Waals surface area contributed by atoms with Crippen molar-refractivity contribution in [3.8, 4) is 11.5 Å². The summed E-state index contributed by atoms with van der Waals surface area (Å²) in [5.41, 5.74) is -0.196. The maximum atomic E-state index is 12.5. The van der Waals surface area contributed by atoms with Crippen LogP contribution in [-0.4, -0.2) is 39.2 Å². The number of benzene rings is 2. The predicted molar refractivity (Wildman–Crippen MR) is 107 cm³/mol. The molecule has 1 fully saturated rings. The third-order valence-corrected chi connectivity index (χ3v) is 5.29. The summed E-state index contributed by atoms with van der Waals surface area (Å²) in [6, 6.07) is 11.3. The van der Waals surface area contributed by atoms with Crippen molar-refractivity contribution in [2.45, 2.75) is 0 Å². The Balaban J connectivity index is 1.75. The first-order valence-electron chi connectivity index (χ1n) is 7.97. The van der Waals surface area contributed by atoms with E-state index in [-0.39, 0.29) is 39.5 Å². The number of carbonyl (C=O) groups excluding carboxylic acids is 2. The largest absolute Gasteiger partial charge is 0.506 e. The highest BCUT2D eigenvalue weighted by molar-refractivity contribution is 9.10. The number of thioether (sulfide) groups is 1. The number of carbonyl (C=O) groups is 2. The van der Waals surface area contributed by atoms with Crippen LogP contribution in [0.5, 0.6) is 11.5 Å². The number of ether oxygens (including phenoxy) is 1. The molecule has 0 unspecified atom stereocenters. The molecule has 1 aliphatic heterocycles. The van der Waals surface area contributed by atoms with Crippen LogP contribution >= 0.6 is 27.7 Å². The molecule has 144 valence electrons. The van der Waals surface area contributed by atoms with Gasteiger partial charge in [0.1, 0.15) is 18.1 Å². The highest BCUT2D eigenvalue weighted by atomic mass is 79.9. The minimum absolute atomic E-state index is 0.0571. The maximum absolute atomic E-state index is 12.5. The molecule has 2 aromatic rings. The molecule has 0 radical (unpaired) electrons. The number of non-ortho nitro benzene ring substituents is 1. The van der Waals surface area contributed by atoms with Gasteiger partial charge in [-0.3, -0.25) is 24.6 Å². The summed E-state index contributed by atoms with van der Waals surface area (Å²) in [6.45, 7) is 0.185. The average molecular weight is 465 g/mol. The van der Waals surface area contributed by atoms with Gasteiger partial charge in [0.15, 0.2) is 0 Å². The van der Waals surface area contributed by atoms with Crippen LogP contribution in [0.25, 0.3) is 6.08 Å². The number of aromatic hydroxyl groups is 1. The zero-order chi connectivity index (χ0) is 20.3. The zero-order valence-corrected chi connectivity index (χ0v) is 16.6. The van der Waals surface area contributed by atoms with Gasteiger partial charge in [-0.1, -0.05) is 18.2 Å². The second-order valence-electron chi connectivity index (χ2n) is 5.62. The fourth-order valence-electron chi connectivity index (χ4n) is 2.43. The number of phenols is 1. The summed E-state index contributed by atoms with van der Waals surface area (Å²) in [6.07, 6.45) is 1.26. The second-order valence-corrected chi connectivity index (χ2v) is 7.46. The molecule has 2 amide bonds. The topological polar surface area (TPSA) is 110 Å². The lowest BCUT2D eigenvalue weighted by Gasteiger charge is -2.13. The molecule has 0 saturated carbocycles. The third kappa shape index (κ3) is 4.34. The maximum Gasteiger partial charge on any atom is 0.293 e. The third-order valence-electron chi connectivity index (χ3n) is 3.78. The number of amides is 2. The number of para-hydroxylation sites is 1. The molecule has 1 saturated heterocycles. The number of nitrogens with zero attached hydrogens (tertiary/aromatic N) is 2. The highest BCUT2D eigenvalue weighted by Crippen LogP contribution is 2.37. The van der Waals surface area contributed by atoms with Crippen LogP contribution in [-0.2, 0) is 4.79 Å². The second kappa shape index (κ2) is 8.44. The Morgan fingerprint density at radius 2 is 1.96 bits per heavy atom. The highest BCUT2D eigenvalue weighted by Gasteiger charge is 2.35. The summed E-state index contributed by atoms with van der Waals surface area (Å²) < 4.78 is 5.61. The Bertz CT molecular complexity index is 980. The summed E-state index contributed by atoms with van der Waals surface area (Å²) >= 11 is 3.74. The van der Waals surface area contributed by atoms with Crippen LogP contribution in [0.15, 0.2) is 51.8 Å². The molecular weight excluding hydrogens is 452 g/mol. The van der Waals surface area contributed by atoms with Crippen LogP contribution in [0.1, 0.15) is 5.56 Å². The molecule has 2 aromatic carbocycles. The molecule has 0 spiro atoms. The summed E-state index contributed by atoms with van der Waals surface area (Å²) in [7, 11) is 0. The number of rotatable bonds is 6. The van der Waals surface area contributed by atoms with E-state index in [2.05, 4.69) is 15.9 Å². The lowest BCUT2D eigenvalue weighted by molar-refractivity contribution is -0.385. The van der Waals surface area contributed by atoms with Crippen LogP contribution in [0.3, 0.4) is 0 Å². The van der Waals surface area contributed by atoms with E-state index >= 15 is 0 Å². The van der Waals surface area contributed by atoms with Crippen molar-refractivity contribution in [3.63, 3.8) is 0 Å². The molecule has 3 rings (SSSR count). The van der Waals surface area contributed by atoms with Gasteiger partial charge < -0.3 is 9.84 Å². The summed E-state index contributed by atoms with van der Waals surface area (Å²) in [4.78, 5) is 36.1. The van der Waals surface area contributed by atoms with Gasteiger partial charge in [0.25, 0.3) is 16.8 Å². The number of nitro benzene ring substituents is 1. The van der Waals surface area contributed by atoms with Gasteiger partial charge in [0.05, 0.1) is 20.8 Å². The fourth-order valence-corrected chi connectivity index (χ4v) is 3.75. The number of phenolic OH excluding ortho intramolecular Hbond substituents is 1. The van der Waals surface area contributed by atoms with Crippen LogP contribution in [0.2, 0.25) is 0 Å². The Kier molecular flexibility index (Phi) is 6.00. The van der Waals surface area contributed by atoms with Crippen molar-refractivity contribution in [3.05, 3.63) is 67.5 Å². The Hall–Kier alpha value is -2.85. The number of halogens is 1. The minimum atomic E-state index is -0.617. The predicted octanol–water partition coefficient (Wildman–Crippen LogP) is 4.18. The molecule has 1 aliphatic rings. The van der Waals surface area contributed by atoms with E-state index in [1.807, 2.05) is 18.2 Å². The monoisotopic (exact) mass is 464 g/mol. The quantitative estimate of drug-likeness (QED) is 0.387. The van der Waals surface area contributed by atoms with Gasteiger partial charge in [0.2, 0.25) is 0 Å². The van der Waals surface area contributed by atoms with Gasteiger partial charge in [-0.05, 0) is 45.9 Å². The van der Waals surface area contributed by atoms with Crippen molar-refractivity contribution in [2.75, 3.05) is 13.2 Å². The molecule has 28 heavy (non-hydrogen) atoms. The van der Waals surface area contributed by atoms with Gasteiger partial charge in [-0.2, -0.15) is 0 Å². The molecule has 0 aliphatic carbocycles. The van der Waals surface area contributed by atoms with Crippen LogP contribution < -0.4 is 4.74 Å². The number of imide groups is 1. The van der Waals surface area contributed by atoms with E-state index < -0.39 is 16.1 Å². The lowest BCUT2D eigenvalue weighted by atomic mass is 10.1. The Morgan fingerprint density at radius 3 is 2.64 bits per heavy atom. The first-order valence-corrected chi connectivity index (χ1v) is 9.58. The van der Waals surface area contributed by atoms with E-state index in [9.17, 15) is 24.8 Å². The minimum Gasteiger partial charge on any atom is -0.506 e. The first kappa shape index (κ1) is 19.9. The molecule has 10 heteroatoms. The van der Waals surface area contributed by atoms with E-state index in [0.29, 0.717) is 17.5 Å². The van der Waals surface area contributed by atoms with Gasteiger partial charge in [-0.15, -0.1) is 0 Å². The zero-order valence-electron chi connectivity index (χ0n) is 14.2. The molecular formula is C18H13BrN2O6S. The summed E-state index contributed by atoms with van der Waals surface area (Å²) in [5, 5.41) is 20.6. The molecule has 0 aromatic heterocycles. The number of hydrogen-bond acceptors (Lipinski definition) is 7. The standard InChI is InChI=1S/C18H13BrN2O6S/c19-14-10-12(21(25)26)8-11(16(14)22)9-15-17(23)20(18(24)28-15)6-7-27-13-4-2-1-3-5-13/h1-5,8-10,22H,6-7H2/b15-9-. The summed E-state index contributed by atoms with van der Waals surface area (Å²) in [5.74, 6) is -0.185. The van der Waals surface area contributed by atoms with E-state index in [1.54, 1.807) is 12.1 Å². The van der Waals surface area contributed by atoms with Crippen LogP contribution in [0.4, 0.5) is 10.5 Å². The molecule has 8 nitrogen and oxygen atoms in total. The smallest absolute Gasteiger partial charge is 0.293 e. The van der Waals surface area contributed by atoms with Gasteiger partial charge in [-0.25, -0.2) is 0 Å². The van der Waals surface area contributed by atoms with Crippen molar-refractivity contribution < 1.29 is 24.4 Å². The SMILES string of the molecule is O=C1S/C(=C\c2cc([N+](=O)[O-])cc(Br)c2O)C(=O)N1CCOc1ccccc1. The molecule has 1 N–H and O–H groups in total. The fraction of sp³-hybridized carbons (Fsp3) is 0.111. The van der Waals surface area contributed by atoms with Crippen molar-refractivity contribution in [1.29, 1.82) is 0 Å². The van der Waals surface area contributed by atoms with E-state index in [1.165, 1.54) is 6.08 Å². The average Bonchev–Trinajstić information content (AvgIpc) is 2.93. The number of nitro groups is 1. The van der Waals surface area contributed by atoms with E-state index in [4.69, 9.17) is 4.74 Å². The van der Waals surface area contributed by atoms with Gasteiger partial charge in [0, 0.05) is 17.7 Å². The molecule has 0 atom stereocenters. The molecule has 0 bridgehead atoms. The lowest BCUT2D eigenvalue weighted by Crippen LogP contribution is -2.32. The normalized spacial score (nSPS) is 15.3. The Morgan fingerprint density at radius 1 is 1.25 bits per heavy atom. The molecule has 1 heterocycles. The van der Waals surface area contributed by atoms with Crippen LogP contribution in [0, 0.1) is 10.1 Å².